The van der Waals surface area contributed by atoms with E-state index < -0.39 is 5.82 Å². The van der Waals surface area contributed by atoms with E-state index in [1.165, 1.54) is 23.9 Å². The highest BCUT2D eigenvalue weighted by Crippen LogP contribution is 2.41. The van der Waals surface area contributed by atoms with E-state index in [-0.39, 0.29) is 17.1 Å². The van der Waals surface area contributed by atoms with E-state index in [0.29, 0.717) is 6.04 Å². The predicted octanol–water partition coefficient (Wildman–Crippen LogP) is 4.46. The summed E-state index contributed by atoms with van der Waals surface area (Å²) >= 11 is 2.95. The minimum Gasteiger partial charge on any atom is -0.298 e. The topological polar surface area (TPSA) is 47.8 Å². The fourth-order valence-corrected chi connectivity index (χ4v) is 4.10. The molecule has 1 aliphatic rings. The molecule has 24 heavy (non-hydrogen) atoms. The second kappa shape index (κ2) is 6.49. The van der Waals surface area contributed by atoms with Gasteiger partial charge in [0.1, 0.15) is 5.82 Å². The van der Waals surface area contributed by atoms with Crippen LogP contribution in [-0.4, -0.2) is 26.3 Å². The molecule has 1 fully saturated rings. The van der Waals surface area contributed by atoms with Gasteiger partial charge in [-0.3, -0.25) is 9.36 Å². The summed E-state index contributed by atoms with van der Waals surface area (Å²) in [5.74, 6) is 0.288. The van der Waals surface area contributed by atoms with Crippen molar-refractivity contribution in [1.82, 2.24) is 14.8 Å². The van der Waals surface area contributed by atoms with Gasteiger partial charge in [-0.2, -0.15) is 0 Å². The van der Waals surface area contributed by atoms with Crippen molar-refractivity contribution in [2.45, 2.75) is 24.0 Å². The SMILES string of the molecule is O=C(CSc1nnc(-c2cccs2)n1C1CC1)c1ccccc1F. The second-order valence-corrected chi connectivity index (χ2v) is 7.47. The molecule has 2 aromatic heterocycles. The maximum atomic E-state index is 13.7. The number of rotatable bonds is 6. The molecule has 7 heteroatoms. The molecule has 0 bridgehead atoms. The molecule has 4 nitrogen and oxygen atoms in total. The zero-order valence-corrected chi connectivity index (χ0v) is 14.3. The summed E-state index contributed by atoms with van der Waals surface area (Å²) in [6.45, 7) is 0. The number of Topliss-reactive ketones (excluding diaryl/α,β-unsaturated/α-hetero) is 1. The van der Waals surface area contributed by atoms with Crippen molar-refractivity contribution in [3.8, 4) is 10.7 Å². The van der Waals surface area contributed by atoms with Crippen LogP contribution < -0.4 is 0 Å². The molecule has 0 unspecified atom stereocenters. The molecular weight excluding hydrogens is 345 g/mol. The Kier molecular flexibility index (Phi) is 4.20. The van der Waals surface area contributed by atoms with Crippen LogP contribution in [0, 0.1) is 5.82 Å². The van der Waals surface area contributed by atoms with E-state index >= 15 is 0 Å². The summed E-state index contributed by atoms with van der Waals surface area (Å²) in [5.41, 5.74) is 0.126. The third kappa shape index (κ3) is 3.01. The molecule has 0 aliphatic heterocycles. The molecule has 2 heterocycles. The van der Waals surface area contributed by atoms with E-state index in [1.807, 2.05) is 17.5 Å². The van der Waals surface area contributed by atoms with Gasteiger partial charge >= 0.3 is 0 Å². The van der Waals surface area contributed by atoms with Crippen LogP contribution in [0.1, 0.15) is 29.2 Å². The summed E-state index contributed by atoms with van der Waals surface area (Å²) in [6.07, 6.45) is 2.20. The largest absolute Gasteiger partial charge is 0.298 e. The number of carbonyl (C=O) groups is 1. The summed E-state index contributed by atoms with van der Waals surface area (Å²) in [7, 11) is 0. The van der Waals surface area contributed by atoms with Crippen molar-refractivity contribution < 1.29 is 9.18 Å². The molecule has 0 saturated heterocycles. The van der Waals surface area contributed by atoms with Crippen molar-refractivity contribution in [3.05, 3.63) is 53.2 Å². The van der Waals surface area contributed by atoms with Crippen molar-refractivity contribution >= 4 is 28.9 Å². The van der Waals surface area contributed by atoms with Crippen LogP contribution in [0.25, 0.3) is 10.7 Å². The van der Waals surface area contributed by atoms with Gasteiger partial charge in [0, 0.05) is 6.04 Å². The number of hydrogen-bond donors (Lipinski definition) is 0. The number of benzene rings is 1. The number of nitrogens with zero attached hydrogens (tertiary/aromatic N) is 3. The average molecular weight is 359 g/mol. The Labute approximate surface area is 146 Å². The third-order valence-corrected chi connectivity index (χ3v) is 5.63. The van der Waals surface area contributed by atoms with Crippen LogP contribution in [0.15, 0.2) is 46.9 Å². The number of halogens is 1. The van der Waals surface area contributed by atoms with Crippen molar-refractivity contribution in [2.75, 3.05) is 5.75 Å². The van der Waals surface area contributed by atoms with Gasteiger partial charge in [0.2, 0.25) is 0 Å². The summed E-state index contributed by atoms with van der Waals surface area (Å²) in [4.78, 5) is 13.3. The summed E-state index contributed by atoms with van der Waals surface area (Å²) in [6, 6.07) is 10.5. The first-order valence-corrected chi connectivity index (χ1v) is 9.50. The van der Waals surface area contributed by atoms with Gasteiger partial charge in [0.25, 0.3) is 0 Å². The predicted molar refractivity (Wildman–Crippen MR) is 93.1 cm³/mol. The molecular formula is C17H14FN3OS2. The molecule has 0 amide bonds. The maximum Gasteiger partial charge on any atom is 0.192 e. The molecule has 4 rings (SSSR count). The van der Waals surface area contributed by atoms with Crippen molar-refractivity contribution in [1.29, 1.82) is 0 Å². The Bertz CT molecular complexity index is 872. The number of ketones is 1. The molecule has 1 aliphatic carbocycles. The summed E-state index contributed by atoms with van der Waals surface area (Å²) < 4.78 is 15.8. The monoisotopic (exact) mass is 359 g/mol. The van der Waals surface area contributed by atoms with Crippen LogP contribution in [0.4, 0.5) is 4.39 Å². The van der Waals surface area contributed by atoms with Crippen LogP contribution in [0.5, 0.6) is 0 Å². The molecule has 0 atom stereocenters. The lowest BCUT2D eigenvalue weighted by Crippen LogP contribution is -2.07. The maximum absolute atomic E-state index is 13.7. The minimum absolute atomic E-state index is 0.126. The van der Waals surface area contributed by atoms with Crippen molar-refractivity contribution in [2.24, 2.45) is 0 Å². The number of carbonyl (C=O) groups excluding carboxylic acids is 1. The zero-order valence-electron chi connectivity index (χ0n) is 12.7. The minimum atomic E-state index is -0.481. The molecule has 0 radical (unpaired) electrons. The van der Waals surface area contributed by atoms with Crippen LogP contribution in [0.3, 0.4) is 0 Å². The lowest BCUT2D eigenvalue weighted by Gasteiger charge is -2.07. The molecule has 1 saturated carbocycles. The van der Waals surface area contributed by atoms with Crippen molar-refractivity contribution in [3.63, 3.8) is 0 Å². The van der Waals surface area contributed by atoms with Gasteiger partial charge in [-0.1, -0.05) is 30.0 Å². The quantitative estimate of drug-likeness (QED) is 0.482. The lowest BCUT2D eigenvalue weighted by atomic mass is 10.1. The summed E-state index contributed by atoms with van der Waals surface area (Å²) in [5, 5.41) is 11.3. The molecule has 1 aromatic carbocycles. The number of thiophene rings is 1. The van der Waals surface area contributed by atoms with E-state index in [1.54, 1.807) is 23.5 Å². The van der Waals surface area contributed by atoms with Gasteiger partial charge < -0.3 is 0 Å². The number of thioether (sulfide) groups is 1. The third-order valence-electron chi connectivity index (χ3n) is 3.82. The van der Waals surface area contributed by atoms with Gasteiger partial charge in [-0.15, -0.1) is 21.5 Å². The molecule has 0 N–H and O–H groups in total. The molecule has 3 aromatic rings. The molecule has 0 spiro atoms. The smallest absolute Gasteiger partial charge is 0.192 e. The van der Waals surface area contributed by atoms with Gasteiger partial charge in [-0.05, 0) is 36.4 Å². The standard InChI is InChI=1S/C17H14FN3OS2/c18-13-5-2-1-4-12(13)14(22)10-24-17-20-19-16(15-6-3-9-23-15)21(17)11-7-8-11/h1-6,9,11H,7-8,10H2. The van der Waals surface area contributed by atoms with Crippen LogP contribution >= 0.6 is 23.1 Å². The first-order valence-electron chi connectivity index (χ1n) is 7.63. The Morgan fingerprint density at radius 1 is 1.25 bits per heavy atom. The Balaban J connectivity index is 1.55. The van der Waals surface area contributed by atoms with E-state index in [9.17, 15) is 9.18 Å². The van der Waals surface area contributed by atoms with E-state index in [2.05, 4.69) is 14.8 Å². The highest BCUT2D eigenvalue weighted by molar-refractivity contribution is 7.99. The van der Waals surface area contributed by atoms with Gasteiger partial charge in [0.05, 0.1) is 16.2 Å². The highest BCUT2D eigenvalue weighted by Gasteiger charge is 2.30. The second-order valence-electron chi connectivity index (χ2n) is 5.58. The van der Waals surface area contributed by atoms with Gasteiger partial charge in [-0.25, -0.2) is 4.39 Å². The highest BCUT2D eigenvalue weighted by atomic mass is 32.2. The first-order chi connectivity index (χ1) is 11.7. The Hall–Kier alpha value is -1.99. The number of aromatic nitrogens is 3. The normalized spacial score (nSPS) is 14.0. The zero-order chi connectivity index (χ0) is 16.5. The fourth-order valence-electron chi connectivity index (χ4n) is 2.51. The van der Waals surface area contributed by atoms with Gasteiger partial charge in [0.15, 0.2) is 16.8 Å². The Morgan fingerprint density at radius 2 is 2.08 bits per heavy atom. The Morgan fingerprint density at radius 3 is 2.79 bits per heavy atom. The molecule has 122 valence electrons. The van der Waals surface area contributed by atoms with E-state index in [0.717, 1.165) is 28.7 Å². The fraction of sp³-hybridized carbons (Fsp3) is 0.235. The average Bonchev–Trinajstić information content (AvgIpc) is 3.11. The van der Waals surface area contributed by atoms with Crippen LogP contribution in [0.2, 0.25) is 0 Å². The van der Waals surface area contributed by atoms with Crippen LogP contribution in [-0.2, 0) is 0 Å². The number of hydrogen-bond acceptors (Lipinski definition) is 5. The first kappa shape index (κ1) is 15.5. The lowest BCUT2D eigenvalue weighted by molar-refractivity contribution is 0.101. The van der Waals surface area contributed by atoms with E-state index in [4.69, 9.17) is 0 Å².